The standard InChI is InChI=1S/2C16H16BrN5OS2/c1-10-6-12(20-15(19-10)24-3)13-8-22(9-23-2)16(25-13)21-14-5-4-11(17)7-18-14;1-10-6-12(21-15(20-10)24-3)13-8-19-16(25-13)22(9-23-2)14-5-4-11(17)7-18-14/h2*4-8H,9H2,1-3H3. The van der Waals surface area contributed by atoms with Crippen molar-refractivity contribution in [2.45, 2.75) is 30.9 Å². The number of thiazole rings is 2. The van der Waals surface area contributed by atoms with Gasteiger partial charge >= 0.3 is 0 Å². The van der Waals surface area contributed by atoms with E-state index in [-0.39, 0.29) is 0 Å². The van der Waals surface area contributed by atoms with Crippen molar-refractivity contribution >= 4 is 94.8 Å². The number of pyridine rings is 2. The molecule has 6 aromatic rings. The van der Waals surface area contributed by atoms with Gasteiger partial charge in [-0.2, -0.15) is 0 Å². The van der Waals surface area contributed by atoms with Gasteiger partial charge in [-0.3, -0.25) is 9.47 Å². The number of rotatable bonds is 11. The number of anilines is 2. The van der Waals surface area contributed by atoms with Crippen molar-refractivity contribution < 1.29 is 9.47 Å². The molecule has 260 valence electrons. The monoisotopic (exact) mass is 874 g/mol. The highest BCUT2D eigenvalue weighted by molar-refractivity contribution is 9.10. The van der Waals surface area contributed by atoms with Crippen LogP contribution in [-0.2, 0) is 16.2 Å². The van der Waals surface area contributed by atoms with Crippen LogP contribution in [-0.4, -0.2) is 72.9 Å². The minimum absolute atomic E-state index is 0.362. The SMILES string of the molecule is COCN(c1ccc(Br)cn1)c1ncc(-c2cc(C)nc(SC)n2)s1.COCn1cc(-c2cc(C)nc(SC)n2)sc1=Nc1ccc(Br)cn1. The van der Waals surface area contributed by atoms with E-state index >= 15 is 0 Å². The number of nitrogens with zero attached hydrogens (tertiary/aromatic N) is 10. The first-order chi connectivity index (χ1) is 24.2. The molecule has 0 atom stereocenters. The molecule has 12 nitrogen and oxygen atoms in total. The predicted octanol–water partition coefficient (Wildman–Crippen LogP) is 8.56. The van der Waals surface area contributed by atoms with Crippen molar-refractivity contribution in [1.82, 2.24) is 39.5 Å². The Kier molecular flexibility index (Phi) is 14.0. The third kappa shape index (κ3) is 10.2. The fourth-order valence-corrected chi connectivity index (χ4v) is 7.39. The fourth-order valence-electron chi connectivity index (χ4n) is 4.25. The molecule has 0 saturated heterocycles. The van der Waals surface area contributed by atoms with Gasteiger partial charge in [-0.25, -0.2) is 39.9 Å². The maximum atomic E-state index is 5.33. The number of halogens is 2. The maximum Gasteiger partial charge on any atom is 0.193 e. The molecule has 0 aliphatic rings. The first-order valence-corrected chi connectivity index (χ1v) is 20.4. The molecule has 0 aliphatic heterocycles. The van der Waals surface area contributed by atoms with Gasteiger partial charge in [0, 0.05) is 59.3 Å². The zero-order chi connectivity index (χ0) is 35.6. The summed E-state index contributed by atoms with van der Waals surface area (Å²) < 4.78 is 14.4. The Morgan fingerprint density at radius 2 is 1.42 bits per heavy atom. The van der Waals surface area contributed by atoms with Gasteiger partial charge in [-0.05, 0) is 94.6 Å². The van der Waals surface area contributed by atoms with E-state index < -0.39 is 0 Å². The van der Waals surface area contributed by atoms with Gasteiger partial charge in [-0.1, -0.05) is 46.2 Å². The largest absolute Gasteiger partial charge is 0.364 e. The minimum Gasteiger partial charge on any atom is -0.364 e. The average molecular weight is 877 g/mol. The number of ether oxygens (including phenoxy) is 2. The molecule has 0 saturated carbocycles. The summed E-state index contributed by atoms with van der Waals surface area (Å²) in [6, 6.07) is 11.6. The summed E-state index contributed by atoms with van der Waals surface area (Å²) in [7, 11) is 3.31. The zero-order valence-electron chi connectivity index (χ0n) is 27.9. The van der Waals surface area contributed by atoms with E-state index in [1.54, 1.807) is 49.3 Å². The molecule has 0 unspecified atom stereocenters. The zero-order valence-corrected chi connectivity index (χ0v) is 34.3. The lowest BCUT2D eigenvalue weighted by atomic mass is 10.3. The Bertz CT molecular complexity index is 2090. The van der Waals surface area contributed by atoms with Crippen LogP contribution in [0, 0.1) is 13.8 Å². The fraction of sp³-hybridized carbons (Fsp3) is 0.250. The Morgan fingerprint density at radius 3 is 1.98 bits per heavy atom. The van der Waals surface area contributed by atoms with Crippen LogP contribution in [0.2, 0.25) is 0 Å². The molecule has 0 spiro atoms. The van der Waals surface area contributed by atoms with E-state index in [0.717, 1.165) is 67.5 Å². The quantitative estimate of drug-likeness (QED) is 0.0703. The number of thioether (sulfide) groups is 2. The lowest BCUT2D eigenvalue weighted by molar-refractivity contribution is 0.129. The highest BCUT2D eigenvalue weighted by Crippen LogP contribution is 2.34. The molecule has 0 aliphatic carbocycles. The molecule has 6 rings (SSSR count). The summed E-state index contributed by atoms with van der Waals surface area (Å²) in [6.07, 6.45) is 11.2. The van der Waals surface area contributed by atoms with Crippen LogP contribution in [0.25, 0.3) is 21.1 Å². The van der Waals surface area contributed by atoms with E-state index in [1.807, 2.05) is 84.6 Å². The van der Waals surface area contributed by atoms with E-state index in [2.05, 4.69) is 71.7 Å². The molecule has 0 bridgehead atoms. The number of aromatic nitrogens is 8. The van der Waals surface area contributed by atoms with Crippen molar-refractivity contribution in [2.75, 3.05) is 38.4 Å². The number of aryl methyl sites for hydroxylation is 2. The summed E-state index contributed by atoms with van der Waals surface area (Å²) in [4.78, 5) is 40.6. The van der Waals surface area contributed by atoms with Crippen LogP contribution in [0.4, 0.5) is 16.8 Å². The van der Waals surface area contributed by atoms with Crippen molar-refractivity contribution in [3.8, 4) is 21.1 Å². The topological polar surface area (TPSA) is 129 Å². The lowest BCUT2D eigenvalue weighted by Crippen LogP contribution is -2.20. The van der Waals surface area contributed by atoms with Gasteiger partial charge in [0.15, 0.2) is 26.1 Å². The number of methoxy groups -OCH3 is 2. The first kappa shape index (κ1) is 38.1. The van der Waals surface area contributed by atoms with Crippen molar-refractivity contribution in [3.05, 3.63) is 86.3 Å². The molecular weight excluding hydrogens is 844 g/mol. The van der Waals surface area contributed by atoms with Crippen molar-refractivity contribution in [3.63, 3.8) is 0 Å². The summed E-state index contributed by atoms with van der Waals surface area (Å²) >= 11 is 12.9. The molecule has 6 aromatic heterocycles. The minimum atomic E-state index is 0.362. The molecule has 50 heavy (non-hydrogen) atoms. The summed E-state index contributed by atoms with van der Waals surface area (Å²) in [5, 5.41) is 2.32. The van der Waals surface area contributed by atoms with Gasteiger partial charge in [0.25, 0.3) is 0 Å². The van der Waals surface area contributed by atoms with Crippen molar-refractivity contribution in [1.29, 1.82) is 0 Å². The second kappa shape index (κ2) is 18.4. The lowest BCUT2D eigenvalue weighted by Gasteiger charge is -2.19. The highest BCUT2D eigenvalue weighted by atomic mass is 79.9. The number of hydrogen-bond acceptors (Lipinski definition) is 15. The third-order valence-electron chi connectivity index (χ3n) is 6.42. The van der Waals surface area contributed by atoms with E-state index in [9.17, 15) is 0 Å². The van der Waals surface area contributed by atoms with E-state index in [4.69, 9.17) is 9.47 Å². The normalized spacial score (nSPS) is 11.4. The van der Waals surface area contributed by atoms with Gasteiger partial charge < -0.3 is 9.47 Å². The summed E-state index contributed by atoms with van der Waals surface area (Å²) in [5.74, 6) is 1.42. The van der Waals surface area contributed by atoms with Crippen LogP contribution in [0.5, 0.6) is 0 Å². The van der Waals surface area contributed by atoms with Gasteiger partial charge in [0.2, 0.25) is 0 Å². The molecule has 6 heterocycles. The molecule has 0 radical (unpaired) electrons. The highest BCUT2D eigenvalue weighted by Gasteiger charge is 2.17. The molecule has 0 fully saturated rings. The van der Waals surface area contributed by atoms with Gasteiger partial charge in [0.1, 0.15) is 19.3 Å². The second-order valence-electron chi connectivity index (χ2n) is 10.2. The van der Waals surface area contributed by atoms with Crippen LogP contribution in [0.1, 0.15) is 11.4 Å². The molecule has 0 aromatic carbocycles. The Balaban J connectivity index is 0.000000194. The summed E-state index contributed by atoms with van der Waals surface area (Å²) in [5.41, 5.74) is 3.64. The molecule has 18 heteroatoms. The first-order valence-electron chi connectivity index (χ1n) is 14.7. The third-order valence-corrected chi connectivity index (χ3v) is 10.5. The Morgan fingerprint density at radius 1 is 0.780 bits per heavy atom. The maximum absolute atomic E-state index is 5.33. The second-order valence-corrected chi connectivity index (χ2v) is 15.6. The van der Waals surface area contributed by atoms with Crippen molar-refractivity contribution in [2.24, 2.45) is 4.99 Å². The summed E-state index contributed by atoms with van der Waals surface area (Å²) in [6.45, 7) is 4.71. The van der Waals surface area contributed by atoms with Gasteiger partial charge in [0.05, 0.1) is 21.1 Å². The predicted molar refractivity (Wildman–Crippen MR) is 210 cm³/mol. The molecule has 0 N–H and O–H groups in total. The smallest absolute Gasteiger partial charge is 0.193 e. The van der Waals surface area contributed by atoms with E-state index in [1.165, 1.54) is 23.5 Å². The Labute approximate surface area is 323 Å². The number of hydrogen-bond donors (Lipinski definition) is 0. The molecular formula is C32H32Br2N10O2S4. The van der Waals surface area contributed by atoms with Gasteiger partial charge in [-0.15, -0.1) is 0 Å². The van der Waals surface area contributed by atoms with Crippen LogP contribution < -0.4 is 9.70 Å². The van der Waals surface area contributed by atoms with E-state index in [0.29, 0.717) is 19.3 Å². The van der Waals surface area contributed by atoms with Crippen LogP contribution in [0.3, 0.4) is 0 Å². The van der Waals surface area contributed by atoms with Crippen LogP contribution in [0.15, 0.2) is 85.4 Å². The average Bonchev–Trinajstić information content (AvgIpc) is 3.76. The Hall–Kier alpha value is -3.10. The molecule has 0 amide bonds. The van der Waals surface area contributed by atoms with Crippen LogP contribution >= 0.6 is 78.1 Å².